The molecule has 106 valence electrons. The molecule has 0 bridgehead atoms. The van der Waals surface area contributed by atoms with Crippen LogP contribution in [-0.4, -0.2) is 7.11 Å². The lowest BCUT2D eigenvalue weighted by Crippen LogP contribution is -2.14. The van der Waals surface area contributed by atoms with Crippen LogP contribution < -0.4 is 10.5 Å². The van der Waals surface area contributed by atoms with Crippen LogP contribution in [0, 0.1) is 18.6 Å². The van der Waals surface area contributed by atoms with E-state index in [9.17, 15) is 8.78 Å². The summed E-state index contributed by atoms with van der Waals surface area (Å²) in [6.07, 6.45) is 0.434. The molecule has 0 heterocycles. The van der Waals surface area contributed by atoms with E-state index in [2.05, 4.69) is 0 Å². The number of halogens is 2. The fourth-order valence-corrected chi connectivity index (χ4v) is 2.05. The maximum atomic E-state index is 13.6. The fraction of sp³-hybridized carbons (Fsp3) is 0.250. The Balaban J connectivity index is 2.16. The molecular weight excluding hydrogens is 260 g/mol. The number of aryl methyl sites for hydroxylation is 1. The highest BCUT2D eigenvalue weighted by atomic mass is 19.1. The normalized spacial score (nSPS) is 12.2. The highest BCUT2D eigenvalue weighted by Gasteiger charge is 2.11. The minimum atomic E-state index is -0.424. The summed E-state index contributed by atoms with van der Waals surface area (Å²) in [6.45, 7) is 1.70. The first-order valence-electron chi connectivity index (χ1n) is 6.35. The van der Waals surface area contributed by atoms with Crippen LogP contribution in [0.3, 0.4) is 0 Å². The van der Waals surface area contributed by atoms with Gasteiger partial charge in [0.2, 0.25) is 0 Å². The predicted molar refractivity (Wildman–Crippen MR) is 74.7 cm³/mol. The number of nitrogens with two attached hydrogens (primary N) is 1. The molecule has 0 aliphatic rings. The van der Waals surface area contributed by atoms with Gasteiger partial charge in [-0.25, -0.2) is 8.78 Å². The van der Waals surface area contributed by atoms with Crippen molar-refractivity contribution in [2.45, 2.75) is 19.4 Å². The van der Waals surface area contributed by atoms with Crippen molar-refractivity contribution in [2.75, 3.05) is 7.11 Å². The van der Waals surface area contributed by atoms with Crippen LogP contribution in [0.2, 0.25) is 0 Å². The maximum Gasteiger partial charge on any atom is 0.165 e. The molecule has 4 heteroatoms. The summed E-state index contributed by atoms with van der Waals surface area (Å²) < 4.78 is 32.0. The lowest BCUT2D eigenvalue weighted by atomic mass is 9.98. The zero-order valence-electron chi connectivity index (χ0n) is 11.5. The van der Waals surface area contributed by atoms with E-state index < -0.39 is 5.82 Å². The van der Waals surface area contributed by atoms with Gasteiger partial charge in [0.1, 0.15) is 5.82 Å². The molecular formula is C16H17F2NO. The van der Waals surface area contributed by atoms with Crippen LogP contribution in [0.5, 0.6) is 5.75 Å². The number of methoxy groups -OCH3 is 1. The molecule has 0 aromatic heterocycles. The van der Waals surface area contributed by atoms with Gasteiger partial charge in [-0.1, -0.05) is 18.2 Å². The Morgan fingerprint density at radius 2 is 1.85 bits per heavy atom. The molecule has 2 N–H and O–H groups in total. The molecule has 2 rings (SSSR count). The minimum absolute atomic E-state index is 0.198. The molecule has 20 heavy (non-hydrogen) atoms. The van der Waals surface area contributed by atoms with E-state index in [1.54, 1.807) is 31.2 Å². The van der Waals surface area contributed by atoms with Crippen LogP contribution in [0.25, 0.3) is 0 Å². The molecule has 1 unspecified atom stereocenters. The number of rotatable bonds is 4. The van der Waals surface area contributed by atoms with E-state index in [1.165, 1.54) is 19.2 Å². The fourth-order valence-electron chi connectivity index (χ4n) is 2.05. The van der Waals surface area contributed by atoms with E-state index in [-0.39, 0.29) is 17.6 Å². The van der Waals surface area contributed by atoms with Crippen molar-refractivity contribution in [1.82, 2.24) is 0 Å². The summed E-state index contributed by atoms with van der Waals surface area (Å²) >= 11 is 0. The Kier molecular flexibility index (Phi) is 4.35. The quantitative estimate of drug-likeness (QED) is 0.928. The lowest BCUT2D eigenvalue weighted by Gasteiger charge is -2.13. The van der Waals surface area contributed by atoms with Gasteiger partial charge in [0.05, 0.1) is 7.11 Å². The summed E-state index contributed by atoms with van der Waals surface area (Å²) in [4.78, 5) is 0. The Hall–Kier alpha value is -1.94. The summed E-state index contributed by atoms with van der Waals surface area (Å²) in [6, 6.07) is 9.25. The number of ether oxygens (including phenoxy) is 1. The molecule has 0 aliphatic heterocycles. The molecule has 0 fully saturated rings. The highest BCUT2D eigenvalue weighted by Crippen LogP contribution is 2.22. The smallest absolute Gasteiger partial charge is 0.165 e. The molecule has 2 nitrogen and oxygen atoms in total. The van der Waals surface area contributed by atoms with Gasteiger partial charge in [0.25, 0.3) is 0 Å². The molecule has 2 aromatic carbocycles. The zero-order chi connectivity index (χ0) is 14.7. The summed E-state index contributed by atoms with van der Waals surface area (Å²) in [7, 11) is 1.42. The van der Waals surface area contributed by atoms with E-state index in [1.807, 2.05) is 0 Å². The zero-order valence-corrected chi connectivity index (χ0v) is 11.5. The summed E-state index contributed by atoms with van der Waals surface area (Å²) in [5, 5.41) is 0. The SMILES string of the molecule is COc1ccc(CC(N)c2ccc(C)c(F)c2)cc1F. The first kappa shape index (κ1) is 14.5. The monoisotopic (exact) mass is 277 g/mol. The Morgan fingerprint density at radius 1 is 1.10 bits per heavy atom. The third-order valence-electron chi connectivity index (χ3n) is 3.30. The predicted octanol–water partition coefficient (Wildman–Crippen LogP) is 3.52. The van der Waals surface area contributed by atoms with Crippen LogP contribution in [-0.2, 0) is 6.42 Å². The van der Waals surface area contributed by atoms with Crippen LogP contribution >= 0.6 is 0 Å². The van der Waals surface area contributed by atoms with Gasteiger partial charge in [0.15, 0.2) is 11.6 Å². The number of benzene rings is 2. The lowest BCUT2D eigenvalue weighted by molar-refractivity contribution is 0.386. The molecule has 1 atom stereocenters. The Labute approximate surface area is 117 Å². The third-order valence-corrected chi connectivity index (χ3v) is 3.30. The molecule has 2 aromatic rings. The molecule has 0 amide bonds. The second-order valence-electron chi connectivity index (χ2n) is 4.79. The van der Waals surface area contributed by atoms with Gasteiger partial charge in [-0.2, -0.15) is 0 Å². The second kappa shape index (κ2) is 6.01. The number of hydrogen-bond donors (Lipinski definition) is 1. The molecule has 0 spiro atoms. The van der Waals surface area contributed by atoms with Gasteiger partial charge in [-0.05, 0) is 48.2 Å². The molecule has 0 radical (unpaired) electrons. The molecule has 0 saturated heterocycles. The van der Waals surface area contributed by atoms with Gasteiger partial charge in [-0.15, -0.1) is 0 Å². The standard InChI is InChI=1S/C16H17F2NO/c1-10-3-5-12(9-13(10)17)15(19)8-11-4-6-16(20-2)14(18)7-11/h3-7,9,15H,8,19H2,1-2H3. The van der Waals surface area contributed by atoms with Crippen molar-refractivity contribution in [3.63, 3.8) is 0 Å². The van der Waals surface area contributed by atoms with E-state index in [0.717, 1.165) is 5.56 Å². The van der Waals surface area contributed by atoms with Crippen molar-refractivity contribution < 1.29 is 13.5 Å². The van der Waals surface area contributed by atoms with Crippen LogP contribution in [0.1, 0.15) is 22.7 Å². The second-order valence-corrected chi connectivity index (χ2v) is 4.79. The average molecular weight is 277 g/mol. The van der Waals surface area contributed by atoms with Crippen molar-refractivity contribution in [3.05, 3.63) is 64.7 Å². The maximum absolute atomic E-state index is 13.6. The van der Waals surface area contributed by atoms with Crippen LogP contribution in [0.15, 0.2) is 36.4 Å². The first-order chi connectivity index (χ1) is 9.51. The van der Waals surface area contributed by atoms with Crippen molar-refractivity contribution in [3.8, 4) is 5.75 Å². The van der Waals surface area contributed by atoms with Gasteiger partial charge >= 0.3 is 0 Å². The van der Waals surface area contributed by atoms with Crippen molar-refractivity contribution in [1.29, 1.82) is 0 Å². The topological polar surface area (TPSA) is 35.2 Å². The number of hydrogen-bond acceptors (Lipinski definition) is 2. The van der Waals surface area contributed by atoms with E-state index in [4.69, 9.17) is 10.5 Å². The highest BCUT2D eigenvalue weighted by molar-refractivity contribution is 5.32. The minimum Gasteiger partial charge on any atom is -0.494 e. The van der Waals surface area contributed by atoms with E-state index in [0.29, 0.717) is 17.5 Å². The summed E-state index contributed by atoms with van der Waals surface area (Å²) in [5.41, 5.74) is 8.07. The van der Waals surface area contributed by atoms with Crippen molar-refractivity contribution >= 4 is 0 Å². The summed E-state index contributed by atoms with van der Waals surface area (Å²) in [5.74, 6) is -0.505. The van der Waals surface area contributed by atoms with Gasteiger partial charge in [-0.3, -0.25) is 0 Å². The molecule has 0 saturated carbocycles. The Morgan fingerprint density at radius 3 is 2.45 bits per heavy atom. The van der Waals surface area contributed by atoms with E-state index >= 15 is 0 Å². The average Bonchev–Trinajstić information content (AvgIpc) is 2.42. The largest absolute Gasteiger partial charge is 0.494 e. The molecule has 0 aliphatic carbocycles. The van der Waals surface area contributed by atoms with Gasteiger partial charge < -0.3 is 10.5 Å². The van der Waals surface area contributed by atoms with Crippen LogP contribution in [0.4, 0.5) is 8.78 Å². The Bertz CT molecular complexity index is 613. The third kappa shape index (κ3) is 3.14. The first-order valence-corrected chi connectivity index (χ1v) is 6.35. The van der Waals surface area contributed by atoms with Gasteiger partial charge in [0, 0.05) is 6.04 Å². The van der Waals surface area contributed by atoms with Crippen molar-refractivity contribution in [2.24, 2.45) is 5.73 Å².